The fourth-order valence-electron chi connectivity index (χ4n) is 2.68. The lowest BCUT2D eigenvalue weighted by atomic mass is 10.1. The molecule has 0 saturated carbocycles. The van der Waals surface area contributed by atoms with E-state index in [2.05, 4.69) is 4.72 Å². The van der Waals surface area contributed by atoms with Gasteiger partial charge in [-0.2, -0.15) is 4.72 Å². The normalized spacial score (nSPS) is 16.3. The van der Waals surface area contributed by atoms with Gasteiger partial charge in [-0.05, 0) is 30.5 Å². The number of likely N-dealkylation sites (tertiary alicyclic amines) is 1. The minimum absolute atomic E-state index is 0.0997. The highest BCUT2D eigenvalue weighted by atomic mass is 35.5. The minimum Gasteiger partial charge on any atom is -0.341 e. The van der Waals surface area contributed by atoms with Crippen molar-refractivity contribution in [3.8, 4) is 0 Å². The highest BCUT2D eigenvalue weighted by molar-refractivity contribution is 7.91. The summed E-state index contributed by atoms with van der Waals surface area (Å²) in [6.07, 6.45) is 1.89. The Morgan fingerprint density at radius 3 is 2.38 bits per heavy atom. The minimum atomic E-state index is -3.82. The summed E-state index contributed by atoms with van der Waals surface area (Å²) in [5.41, 5.74) is 0.626. The van der Waals surface area contributed by atoms with E-state index in [1.165, 1.54) is 12.1 Å². The van der Waals surface area contributed by atoms with Crippen molar-refractivity contribution in [2.45, 2.75) is 23.1 Å². The van der Waals surface area contributed by atoms with Crippen LogP contribution in [0.25, 0.3) is 0 Å². The van der Waals surface area contributed by atoms with Crippen molar-refractivity contribution in [3.05, 3.63) is 52.4 Å². The van der Waals surface area contributed by atoms with Crippen LogP contribution in [0.1, 0.15) is 24.4 Å². The van der Waals surface area contributed by atoms with E-state index in [1.807, 2.05) is 6.07 Å². The highest BCUT2D eigenvalue weighted by Crippen LogP contribution is 2.28. The highest BCUT2D eigenvalue weighted by Gasteiger charge is 2.32. The zero-order chi connectivity index (χ0) is 17.2. The van der Waals surface area contributed by atoms with Crippen LogP contribution in [0.5, 0.6) is 0 Å². The largest absolute Gasteiger partial charge is 0.341 e. The summed E-state index contributed by atoms with van der Waals surface area (Å²) in [6.45, 7) is 1.32. The van der Waals surface area contributed by atoms with E-state index in [0.29, 0.717) is 23.0 Å². The summed E-state index contributed by atoms with van der Waals surface area (Å²) in [6, 6.07) is 10.9. The van der Waals surface area contributed by atoms with Crippen molar-refractivity contribution in [3.63, 3.8) is 0 Å². The molecule has 0 aliphatic carbocycles. The molecule has 1 saturated heterocycles. The summed E-state index contributed by atoms with van der Waals surface area (Å²) in [5, 5.41) is 0. The van der Waals surface area contributed by atoms with Crippen LogP contribution in [-0.4, -0.2) is 32.3 Å². The SMILES string of the molecule is O=C([C@@H](NS(=O)(=O)c1ccc(Cl)s1)c1ccccc1)N1CCCC1. The third-order valence-electron chi connectivity index (χ3n) is 3.88. The first-order chi connectivity index (χ1) is 11.5. The fraction of sp³-hybridized carbons (Fsp3) is 0.312. The van der Waals surface area contributed by atoms with Gasteiger partial charge in [-0.15, -0.1) is 11.3 Å². The number of hydrogen-bond acceptors (Lipinski definition) is 4. The third-order valence-corrected chi connectivity index (χ3v) is 7.03. The summed E-state index contributed by atoms with van der Waals surface area (Å²) >= 11 is 6.80. The molecule has 1 aliphatic rings. The number of sulfonamides is 1. The molecule has 24 heavy (non-hydrogen) atoms. The Balaban J connectivity index is 1.91. The van der Waals surface area contributed by atoms with E-state index < -0.39 is 16.1 Å². The Kier molecular flexibility index (Phi) is 5.24. The van der Waals surface area contributed by atoms with E-state index in [4.69, 9.17) is 11.6 Å². The van der Waals surface area contributed by atoms with Crippen LogP contribution in [-0.2, 0) is 14.8 Å². The number of benzene rings is 1. The molecule has 8 heteroatoms. The molecule has 0 bridgehead atoms. The van der Waals surface area contributed by atoms with Crippen LogP contribution in [0, 0.1) is 0 Å². The van der Waals surface area contributed by atoms with Gasteiger partial charge in [0.15, 0.2) is 0 Å². The first-order valence-corrected chi connectivity index (χ1v) is 10.3. The van der Waals surface area contributed by atoms with Crippen LogP contribution in [0.3, 0.4) is 0 Å². The van der Waals surface area contributed by atoms with Crippen LogP contribution >= 0.6 is 22.9 Å². The maximum Gasteiger partial charge on any atom is 0.251 e. The molecule has 0 radical (unpaired) electrons. The van der Waals surface area contributed by atoms with Crippen LogP contribution in [0.2, 0.25) is 4.34 Å². The van der Waals surface area contributed by atoms with Gasteiger partial charge in [0.1, 0.15) is 10.3 Å². The van der Waals surface area contributed by atoms with E-state index in [-0.39, 0.29) is 10.1 Å². The van der Waals surface area contributed by atoms with E-state index in [9.17, 15) is 13.2 Å². The maximum absolute atomic E-state index is 12.8. The molecule has 1 N–H and O–H groups in total. The van der Waals surface area contributed by atoms with Gasteiger partial charge in [0.2, 0.25) is 5.91 Å². The average Bonchev–Trinajstić information content (AvgIpc) is 3.24. The second-order valence-electron chi connectivity index (χ2n) is 5.56. The Hall–Kier alpha value is -1.41. The van der Waals surface area contributed by atoms with Crippen molar-refractivity contribution in [2.75, 3.05) is 13.1 Å². The zero-order valence-electron chi connectivity index (χ0n) is 12.8. The van der Waals surface area contributed by atoms with E-state index >= 15 is 0 Å². The molecule has 1 aromatic carbocycles. The van der Waals surface area contributed by atoms with Gasteiger partial charge in [-0.1, -0.05) is 41.9 Å². The zero-order valence-corrected chi connectivity index (χ0v) is 15.2. The molecule has 0 spiro atoms. The predicted molar refractivity (Wildman–Crippen MR) is 94.6 cm³/mol. The molecule has 2 heterocycles. The lowest BCUT2D eigenvalue weighted by molar-refractivity contribution is -0.132. The molecule has 5 nitrogen and oxygen atoms in total. The topological polar surface area (TPSA) is 66.5 Å². The number of nitrogens with one attached hydrogen (secondary N) is 1. The molecule has 0 unspecified atom stereocenters. The number of rotatable bonds is 5. The summed E-state index contributed by atoms with van der Waals surface area (Å²) in [4.78, 5) is 14.5. The number of amides is 1. The summed E-state index contributed by atoms with van der Waals surface area (Å²) < 4.78 is 28.3. The van der Waals surface area contributed by atoms with Gasteiger partial charge >= 0.3 is 0 Å². The molecule has 1 aliphatic heterocycles. The Morgan fingerprint density at radius 2 is 1.79 bits per heavy atom. The number of nitrogens with zero attached hydrogens (tertiary/aromatic N) is 1. The van der Waals surface area contributed by atoms with Crippen molar-refractivity contribution < 1.29 is 13.2 Å². The van der Waals surface area contributed by atoms with E-state index in [0.717, 1.165) is 24.2 Å². The second-order valence-corrected chi connectivity index (χ2v) is 9.21. The van der Waals surface area contributed by atoms with Crippen molar-refractivity contribution in [2.24, 2.45) is 0 Å². The monoisotopic (exact) mass is 384 g/mol. The third kappa shape index (κ3) is 3.80. The van der Waals surface area contributed by atoms with E-state index in [1.54, 1.807) is 29.2 Å². The quantitative estimate of drug-likeness (QED) is 0.861. The molecule has 1 aromatic heterocycles. The first-order valence-electron chi connectivity index (χ1n) is 7.59. The number of hydrogen-bond donors (Lipinski definition) is 1. The number of thiophene rings is 1. The second kappa shape index (κ2) is 7.23. The summed E-state index contributed by atoms with van der Waals surface area (Å²) in [7, 11) is -3.82. The Bertz CT molecular complexity index is 815. The van der Waals surface area contributed by atoms with Crippen LogP contribution < -0.4 is 4.72 Å². The Morgan fingerprint density at radius 1 is 1.12 bits per heavy atom. The lowest BCUT2D eigenvalue weighted by Crippen LogP contribution is -2.41. The first kappa shape index (κ1) is 17.4. The van der Waals surface area contributed by atoms with Crippen molar-refractivity contribution >= 4 is 38.9 Å². The Labute approximate surface area is 150 Å². The van der Waals surface area contributed by atoms with Gasteiger partial charge in [-0.25, -0.2) is 8.42 Å². The molecular formula is C16H17ClN2O3S2. The van der Waals surface area contributed by atoms with Crippen LogP contribution in [0.4, 0.5) is 0 Å². The molecule has 3 rings (SSSR count). The van der Waals surface area contributed by atoms with Gasteiger partial charge in [0.25, 0.3) is 10.0 Å². The molecule has 1 atom stereocenters. The van der Waals surface area contributed by atoms with Gasteiger partial charge < -0.3 is 4.90 Å². The molecule has 1 fully saturated rings. The number of halogens is 1. The van der Waals surface area contributed by atoms with Crippen molar-refractivity contribution in [1.82, 2.24) is 9.62 Å². The van der Waals surface area contributed by atoms with Crippen molar-refractivity contribution in [1.29, 1.82) is 0 Å². The lowest BCUT2D eigenvalue weighted by Gasteiger charge is -2.24. The average molecular weight is 385 g/mol. The smallest absolute Gasteiger partial charge is 0.251 e. The molecular weight excluding hydrogens is 368 g/mol. The molecule has 128 valence electrons. The van der Waals surface area contributed by atoms with Gasteiger partial charge in [0, 0.05) is 13.1 Å². The predicted octanol–water partition coefficient (Wildman–Crippen LogP) is 3.04. The number of carbonyl (C=O) groups is 1. The standard InChI is InChI=1S/C16H17ClN2O3S2/c17-13-8-9-14(23-13)24(21,22)18-15(12-6-2-1-3-7-12)16(20)19-10-4-5-11-19/h1-3,6-9,15,18H,4-5,10-11H2/t15-/m0/s1. The van der Waals surface area contributed by atoms with Gasteiger partial charge in [-0.3, -0.25) is 4.79 Å². The summed E-state index contributed by atoms with van der Waals surface area (Å²) in [5.74, 6) is -0.218. The van der Waals surface area contributed by atoms with Crippen LogP contribution in [0.15, 0.2) is 46.7 Å². The maximum atomic E-state index is 12.8. The number of carbonyl (C=O) groups excluding carboxylic acids is 1. The van der Waals surface area contributed by atoms with Gasteiger partial charge in [0.05, 0.1) is 4.34 Å². The molecule has 1 amide bonds. The molecule has 2 aromatic rings. The fourth-order valence-corrected chi connectivity index (χ4v) is 5.36.